The molecule has 3 amide bonds. The van der Waals surface area contributed by atoms with E-state index in [1.165, 1.54) is 0 Å². The minimum absolute atomic E-state index is 0.0206. The van der Waals surface area contributed by atoms with Crippen LogP contribution in [0.5, 0.6) is 0 Å². The van der Waals surface area contributed by atoms with Crippen LogP contribution in [-0.4, -0.2) is 46.7 Å². The number of hydrogen-bond acceptors (Lipinski definition) is 5. The van der Waals surface area contributed by atoms with Crippen molar-refractivity contribution in [2.24, 2.45) is 0 Å². The van der Waals surface area contributed by atoms with Crippen molar-refractivity contribution in [2.75, 3.05) is 12.3 Å². The number of nitrogens with zero attached hydrogens (tertiary/aromatic N) is 1. The molecule has 0 aliphatic rings. The lowest BCUT2D eigenvalue weighted by Crippen LogP contribution is -2.52. The molecule has 2 unspecified atom stereocenters. The van der Waals surface area contributed by atoms with E-state index in [4.69, 9.17) is 11.2 Å². The van der Waals surface area contributed by atoms with E-state index >= 15 is 0 Å². The molecule has 8 heteroatoms. The fraction of sp³-hybridized carbons (Fsp3) is 0.542. The first-order valence-electron chi connectivity index (χ1n) is 10.7. The van der Waals surface area contributed by atoms with Crippen LogP contribution in [0.1, 0.15) is 63.3 Å². The number of hydrogen-bond donors (Lipinski definition) is 3. The lowest BCUT2D eigenvalue weighted by Gasteiger charge is -2.30. The number of benzene rings is 1. The average Bonchev–Trinajstić information content (AvgIpc) is 2.70. The van der Waals surface area contributed by atoms with Crippen LogP contribution in [0.4, 0.5) is 4.79 Å². The maximum Gasteiger partial charge on any atom is 0.408 e. The molecule has 0 aliphatic heterocycles. The first-order chi connectivity index (χ1) is 14.9. The van der Waals surface area contributed by atoms with E-state index < -0.39 is 29.7 Å². The SMILES string of the molecule is C#CN(C(=O)C(CS)NC(=O)OC(C)(C)C)C(C(=O)NCCCC)c1cc(C)ccc1C. The Morgan fingerprint density at radius 1 is 1.25 bits per heavy atom. The second kappa shape index (κ2) is 12.4. The van der Waals surface area contributed by atoms with Crippen LogP contribution in [0.2, 0.25) is 0 Å². The molecule has 0 bridgehead atoms. The van der Waals surface area contributed by atoms with Gasteiger partial charge in [-0.2, -0.15) is 12.6 Å². The molecule has 0 saturated heterocycles. The molecule has 7 nitrogen and oxygen atoms in total. The topological polar surface area (TPSA) is 87.7 Å². The van der Waals surface area contributed by atoms with Crippen LogP contribution in [0, 0.1) is 26.3 Å². The molecular weight excluding hydrogens is 426 g/mol. The molecule has 0 spiro atoms. The van der Waals surface area contributed by atoms with Crippen molar-refractivity contribution in [3.8, 4) is 12.5 Å². The molecule has 2 atom stereocenters. The van der Waals surface area contributed by atoms with Crippen LogP contribution < -0.4 is 10.6 Å². The molecule has 0 aromatic heterocycles. The highest BCUT2D eigenvalue weighted by molar-refractivity contribution is 7.80. The summed E-state index contributed by atoms with van der Waals surface area (Å²) in [5.41, 5.74) is 1.64. The number of thiol groups is 1. The minimum atomic E-state index is -1.07. The zero-order valence-corrected chi connectivity index (χ0v) is 20.7. The molecule has 0 saturated carbocycles. The Hall–Kier alpha value is -2.66. The smallest absolute Gasteiger partial charge is 0.408 e. The van der Waals surface area contributed by atoms with Crippen LogP contribution in [-0.2, 0) is 14.3 Å². The number of nitrogens with one attached hydrogen (secondary N) is 2. The maximum atomic E-state index is 13.3. The van der Waals surface area contributed by atoms with Gasteiger partial charge >= 0.3 is 6.09 Å². The Labute approximate surface area is 197 Å². The van der Waals surface area contributed by atoms with E-state index in [2.05, 4.69) is 29.3 Å². The normalized spacial score (nSPS) is 12.8. The number of amides is 3. The third-order valence-electron chi connectivity index (χ3n) is 4.61. The minimum Gasteiger partial charge on any atom is -0.444 e. The van der Waals surface area contributed by atoms with Gasteiger partial charge in [0.05, 0.1) is 0 Å². The van der Waals surface area contributed by atoms with E-state index in [0.29, 0.717) is 12.1 Å². The standard InChI is InChI=1S/C24H35N3O4S/c1-8-10-13-25-21(28)20(18-14-16(3)11-12-17(18)4)27(9-2)22(29)19(15-32)26-23(30)31-24(5,6)7/h2,11-12,14,19-20,32H,8,10,13,15H2,1,3-7H3,(H,25,28)(H,26,30). The Morgan fingerprint density at radius 3 is 2.44 bits per heavy atom. The lowest BCUT2D eigenvalue weighted by molar-refractivity contribution is -0.138. The molecule has 176 valence electrons. The van der Waals surface area contributed by atoms with Crippen LogP contribution >= 0.6 is 12.6 Å². The molecule has 0 fully saturated rings. The van der Waals surface area contributed by atoms with E-state index in [-0.39, 0.29) is 11.7 Å². The van der Waals surface area contributed by atoms with E-state index in [1.807, 2.05) is 39.0 Å². The molecule has 1 aromatic rings. The number of unbranched alkanes of at least 4 members (excludes halogenated alkanes) is 1. The number of carbonyl (C=O) groups excluding carboxylic acids is 3. The second-order valence-electron chi connectivity index (χ2n) is 8.63. The Kier molecular flexibility index (Phi) is 10.6. The summed E-state index contributed by atoms with van der Waals surface area (Å²) < 4.78 is 5.24. The van der Waals surface area contributed by atoms with Crippen LogP contribution in [0.25, 0.3) is 0 Å². The Bertz CT molecular complexity index is 858. The second-order valence-corrected chi connectivity index (χ2v) is 8.99. The van der Waals surface area contributed by atoms with Gasteiger partial charge in [-0.1, -0.05) is 43.5 Å². The van der Waals surface area contributed by atoms with Crippen molar-refractivity contribution in [3.63, 3.8) is 0 Å². The molecule has 1 rings (SSSR count). The quantitative estimate of drug-likeness (QED) is 0.227. The number of rotatable bonds is 9. The fourth-order valence-electron chi connectivity index (χ4n) is 3.01. The first-order valence-corrected chi connectivity index (χ1v) is 11.3. The van der Waals surface area contributed by atoms with Gasteiger partial charge in [-0.25, -0.2) is 4.79 Å². The molecular formula is C24H35N3O4S. The van der Waals surface area contributed by atoms with Gasteiger partial charge in [-0.05, 0) is 52.2 Å². The van der Waals surface area contributed by atoms with Crippen LogP contribution in [0.3, 0.4) is 0 Å². The fourth-order valence-corrected chi connectivity index (χ4v) is 3.25. The Balaban J connectivity index is 3.30. The molecule has 0 radical (unpaired) electrons. The van der Waals surface area contributed by atoms with E-state index in [1.54, 1.807) is 20.8 Å². The summed E-state index contributed by atoms with van der Waals surface area (Å²) in [6.07, 6.45) is 6.67. The van der Waals surface area contributed by atoms with Crippen molar-refractivity contribution in [1.82, 2.24) is 15.5 Å². The van der Waals surface area contributed by atoms with Gasteiger partial charge < -0.3 is 15.4 Å². The number of carbonyl (C=O) groups is 3. The summed E-state index contributed by atoms with van der Waals surface area (Å²) in [6, 6.07) is 5.88. The molecule has 0 heterocycles. The summed E-state index contributed by atoms with van der Waals surface area (Å²) in [4.78, 5) is 39.8. The Morgan fingerprint density at radius 2 is 1.91 bits per heavy atom. The zero-order valence-electron chi connectivity index (χ0n) is 19.8. The zero-order chi connectivity index (χ0) is 24.5. The number of ether oxygens (including phenoxy) is 1. The highest BCUT2D eigenvalue weighted by Gasteiger charge is 2.36. The van der Waals surface area contributed by atoms with Gasteiger partial charge in [0, 0.05) is 18.3 Å². The van der Waals surface area contributed by atoms with Gasteiger partial charge in [-0.3, -0.25) is 14.5 Å². The number of terminal acetylenes is 1. The lowest BCUT2D eigenvalue weighted by atomic mass is 9.96. The third kappa shape index (κ3) is 8.12. The van der Waals surface area contributed by atoms with E-state index in [9.17, 15) is 14.4 Å². The first kappa shape index (κ1) is 27.4. The van der Waals surface area contributed by atoms with Crippen molar-refractivity contribution in [1.29, 1.82) is 0 Å². The summed E-state index contributed by atoms with van der Waals surface area (Å²) in [7, 11) is 0. The molecule has 2 N–H and O–H groups in total. The summed E-state index contributed by atoms with van der Waals surface area (Å²) in [5.74, 6) is -1.02. The summed E-state index contributed by atoms with van der Waals surface area (Å²) >= 11 is 4.20. The predicted molar refractivity (Wildman–Crippen MR) is 129 cm³/mol. The summed E-state index contributed by atoms with van der Waals surface area (Å²) in [6.45, 7) is 11.4. The van der Waals surface area contributed by atoms with Crippen molar-refractivity contribution >= 4 is 30.5 Å². The number of alkyl carbamates (subject to hydrolysis) is 1. The molecule has 32 heavy (non-hydrogen) atoms. The summed E-state index contributed by atoms with van der Waals surface area (Å²) in [5, 5.41) is 5.37. The number of aryl methyl sites for hydroxylation is 2. The van der Waals surface area contributed by atoms with Crippen LogP contribution in [0.15, 0.2) is 18.2 Å². The largest absolute Gasteiger partial charge is 0.444 e. The monoisotopic (exact) mass is 461 g/mol. The third-order valence-corrected chi connectivity index (χ3v) is 4.98. The van der Waals surface area contributed by atoms with Crippen molar-refractivity contribution in [3.05, 3.63) is 34.9 Å². The molecule has 0 aliphatic carbocycles. The van der Waals surface area contributed by atoms with Gasteiger partial charge in [0.15, 0.2) is 0 Å². The van der Waals surface area contributed by atoms with Crippen molar-refractivity contribution < 1.29 is 19.1 Å². The van der Waals surface area contributed by atoms with Gasteiger partial charge in [0.1, 0.15) is 17.7 Å². The highest BCUT2D eigenvalue weighted by Crippen LogP contribution is 2.26. The van der Waals surface area contributed by atoms with E-state index in [0.717, 1.165) is 28.9 Å². The van der Waals surface area contributed by atoms with Crippen molar-refractivity contribution in [2.45, 2.75) is 72.1 Å². The maximum absolute atomic E-state index is 13.3. The predicted octanol–water partition coefficient (Wildman–Crippen LogP) is 3.50. The highest BCUT2D eigenvalue weighted by atomic mass is 32.1. The average molecular weight is 462 g/mol. The van der Waals surface area contributed by atoms with Gasteiger partial charge in [0.25, 0.3) is 5.91 Å². The van der Waals surface area contributed by atoms with Gasteiger partial charge in [0.2, 0.25) is 5.91 Å². The van der Waals surface area contributed by atoms with Gasteiger partial charge in [-0.15, -0.1) is 0 Å². The molecule has 1 aromatic carbocycles.